The number of piperidine rings is 1. The van der Waals surface area contributed by atoms with Crippen molar-refractivity contribution in [1.82, 2.24) is 20.2 Å². The fourth-order valence-electron chi connectivity index (χ4n) is 2.43. The van der Waals surface area contributed by atoms with Gasteiger partial charge in [0.05, 0.1) is 6.54 Å². The quantitative estimate of drug-likeness (QED) is 0.805. The van der Waals surface area contributed by atoms with E-state index in [0.29, 0.717) is 6.04 Å². The van der Waals surface area contributed by atoms with Crippen LogP contribution >= 0.6 is 0 Å². The van der Waals surface area contributed by atoms with Gasteiger partial charge in [-0.2, -0.15) is 0 Å². The maximum absolute atomic E-state index is 4.22. The number of nitrogens with one attached hydrogen (secondary N) is 2. The Morgan fingerprint density at radius 2 is 2.56 bits per heavy atom. The smallest absolute Gasteiger partial charge is 0.120 e. The summed E-state index contributed by atoms with van der Waals surface area (Å²) in [6.07, 6.45) is 6.34. The van der Waals surface area contributed by atoms with Gasteiger partial charge in [0.25, 0.3) is 0 Å². The highest BCUT2D eigenvalue weighted by atomic mass is 15.1. The number of aromatic nitrogens is 2. The first kappa shape index (κ1) is 11.6. The van der Waals surface area contributed by atoms with Gasteiger partial charge in [-0.3, -0.25) is 0 Å². The molecule has 1 aliphatic heterocycles. The van der Waals surface area contributed by atoms with Crippen LogP contribution in [0.4, 0.5) is 0 Å². The van der Waals surface area contributed by atoms with Crippen LogP contribution in [0.1, 0.15) is 25.6 Å². The van der Waals surface area contributed by atoms with E-state index < -0.39 is 0 Å². The van der Waals surface area contributed by atoms with Gasteiger partial charge in [-0.15, -0.1) is 0 Å². The third-order valence-electron chi connectivity index (χ3n) is 3.51. The Bertz CT molecular complexity index is 296. The average molecular weight is 222 g/mol. The monoisotopic (exact) mass is 222 g/mol. The number of H-pyrrole nitrogens is 1. The Labute approximate surface area is 97.4 Å². The zero-order valence-corrected chi connectivity index (χ0v) is 10.2. The fourth-order valence-corrected chi connectivity index (χ4v) is 2.43. The second-order valence-corrected chi connectivity index (χ2v) is 4.87. The first-order chi connectivity index (χ1) is 7.75. The summed E-state index contributed by atoms with van der Waals surface area (Å²) in [4.78, 5) is 9.77. The van der Waals surface area contributed by atoms with Gasteiger partial charge in [0, 0.05) is 25.0 Å². The van der Waals surface area contributed by atoms with E-state index in [4.69, 9.17) is 0 Å². The van der Waals surface area contributed by atoms with E-state index in [9.17, 15) is 0 Å². The Kier molecular flexibility index (Phi) is 3.96. The molecule has 0 bridgehead atoms. The molecule has 0 radical (unpaired) electrons. The topological polar surface area (TPSA) is 44.0 Å². The summed E-state index contributed by atoms with van der Waals surface area (Å²) in [5.41, 5.74) is 0. The molecule has 1 fully saturated rings. The van der Waals surface area contributed by atoms with Gasteiger partial charge in [0.2, 0.25) is 0 Å². The molecule has 1 aromatic rings. The predicted molar refractivity (Wildman–Crippen MR) is 65.1 cm³/mol. The van der Waals surface area contributed by atoms with Crippen LogP contribution in [0.5, 0.6) is 0 Å². The summed E-state index contributed by atoms with van der Waals surface area (Å²) < 4.78 is 0. The molecule has 2 N–H and O–H groups in total. The van der Waals surface area contributed by atoms with Crippen molar-refractivity contribution in [3.05, 3.63) is 18.2 Å². The third-order valence-corrected chi connectivity index (χ3v) is 3.51. The lowest BCUT2D eigenvalue weighted by molar-refractivity contribution is 0.178. The van der Waals surface area contributed by atoms with Crippen molar-refractivity contribution in [2.24, 2.45) is 5.92 Å². The van der Waals surface area contributed by atoms with Gasteiger partial charge < -0.3 is 15.2 Å². The van der Waals surface area contributed by atoms with E-state index in [1.807, 2.05) is 6.20 Å². The van der Waals surface area contributed by atoms with E-state index in [-0.39, 0.29) is 0 Å². The normalized spacial score (nSPS) is 24.5. The summed E-state index contributed by atoms with van der Waals surface area (Å²) in [5.74, 6) is 1.80. The maximum Gasteiger partial charge on any atom is 0.120 e. The predicted octanol–water partition coefficient (Wildman–Crippen LogP) is 1.23. The number of hydrogen-bond acceptors (Lipinski definition) is 3. The second kappa shape index (κ2) is 5.46. The summed E-state index contributed by atoms with van der Waals surface area (Å²) in [5, 5.41) is 3.55. The van der Waals surface area contributed by atoms with Crippen molar-refractivity contribution in [1.29, 1.82) is 0 Å². The van der Waals surface area contributed by atoms with E-state index in [1.165, 1.54) is 25.9 Å². The Hall–Kier alpha value is -0.870. The molecule has 90 valence electrons. The molecule has 4 heteroatoms. The molecule has 0 aliphatic carbocycles. The van der Waals surface area contributed by atoms with Crippen LogP contribution in [0.2, 0.25) is 0 Å². The van der Waals surface area contributed by atoms with Gasteiger partial charge >= 0.3 is 0 Å². The summed E-state index contributed by atoms with van der Waals surface area (Å²) in [6, 6.07) is 0.563. The van der Waals surface area contributed by atoms with Gasteiger partial charge in [0.1, 0.15) is 5.82 Å². The largest absolute Gasteiger partial charge is 0.348 e. The number of likely N-dealkylation sites (tertiary alicyclic amines) is 1. The van der Waals surface area contributed by atoms with E-state index in [2.05, 4.69) is 34.2 Å². The van der Waals surface area contributed by atoms with E-state index in [0.717, 1.165) is 18.3 Å². The minimum Gasteiger partial charge on any atom is -0.348 e. The molecule has 0 spiro atoms. The third kappa shape index (κ3) is 3.06. The Morgan fingerprint density at radius 3 is 3.25 bits per heavy atom. The number of aromatic amines is 1. The maximum atomic E-state index is 4.22. The molecule has 16 heavy (non-hydrogen) atoms. The molecule has 2 unspecified atom stereocenters. The van der Waals surface area contributed by atoms with E-state index in [1.54, 1.807) is 6.20 Å². The summed E-state index contributed by atoms with van der Waals surface area (Å²) >= 11 is 0. The van der Waals surface area contributed by atoms with Crippen LogP contribution in [-0.2, 0) is 6.54 Å². The molecule has 0 saturated carbocycles. The van der Waals surface area contributed by atoms with Crippen LogP contribution in [0.3, 0.4) is 0 Å². The highest BCUT2D eigenvalue weighted by Crippen LogP contribution is 2.18. The van der Waals surface area contributed by atoms with Crippen molar-refractivity contribution in [3.8, 4) is 0 Å². The van der Waals surface area contributed by atoms with Gasteiger partial charge in [0.15, 0.2) is 0 Å². The first-order valence-corrected chi connectivity index (χ1v) is 6.16. The summed E-state index contributed by atoms with van der Waals surface area (Å²) in [7, 11) is 2.21. The van der Waals surface area contributed by atoms with E-state index >= 15 is 0 Å². The molecule has 2 atom stereocenters. The molecule has 0 aromatic carbocycles. The lowest BCUT2D eigenvalue weighted by atomic mass is 9.92. The highest BCUT2D eigenvalue weighted by Gasteiger charge is 2.22. The molecule has 4 nitrogen and oxygen atoms in total. The van der Waals surface area contributed by atoms with Crippen LogP contribution in [0.15, 0.2) is 12.4 Å². The van der Waals surface area contributed by atoms with Crippen molar-refractivity contribution < 1.29 is 0 Å². The number of rotatable bonds is 4. The molecule has 1 saturated heterocycles. The van der Waals surface area contributed by atoms with Crippen LogP contribution in [0.25, 0.3) is 0 Å². The molecule has 2 rings (SSSR count). The minimum atomic E-state index is 0.563. The van der Waals surface area contributed by atoms with Gasteiger partial charge in [-0.25, -0.2) is 4.98 Å². The first-order valence-electron chi connectivity index (χ1n) is 6.16. The van der Waals surface area contributed by atoms with Crippen LogP contribution in [0, 0.1) is 5.92 Å². The van der Waals surface area contributed by atoms with Crippen molar-refractivity contribution >= 4 is 0 Å². The molecular formula is C12H22N4. The zero-order valence-electron chi connectivity index (χ0n) is 10.2. The van der Waals surface area contributed by atoms with Crippen molar-refractivity contribution in [3.63, 3.8) is 0 Å². The number of imidazole rings is 1. The molecule has 1 aliphatic rings. The van der Waals surface area contributed by atoms with Gasteiger partial charge in [-0.05, 0) is 39.3 Å². The lowest BCUT2D eigenvalue weighted by Gasteiger charge is -2.33. The highest BCUT2D eigenvalue weighted by molar-refractivity contribution is 4.88. The Morgan fingerprint density at radius 1 is 1.69 bits per heavy atom. The average Bonchev–Trinajstić information content (AvgIpc) is 2.78. The minimum absolute atomic E-state index is 0.563. The number of hydrogen-bond donors (Lipinski definition) is 2. The molecule has 2 heterocycles. The SMILES string of the molecule is CC(NCc1ncc[nH]1)C1CCCN(C)C1. The zero-order chi connectivity index (χ0) is 11.4. The lowest BCUT2D eigenvalue weighted by Crippen LogP contribution is -2.42. The molecule has 1 aromatic heterocycles. The molecular weight excluding hydrogens is 200 g/mol. The summed E-state index contributed by atoms with van der Waals surface area (Å²) in [6.45, 7) is 5.59. The van der Waals surface area contributed by atoms with Crippen LogP contribution in [-0.4, -0.2) is 41.0 Å². The molecule has 0 amide bonds. The van der Waals surface area contributed by atoms with Crippen molar-refractivity contribution in [2.45, 2.75) is 32.4 Å². The standard InChI is InChI=1S/C12H22N4/c1-10(11-4-3-7-16(2)9-11)15-8-12-13-5-6-14-12/h5-6,10-11,15H,3-4,7-9H2,1-2H3,(H,13,14). The second-order valence-electron chi connectivity index (χ2n) is 4.87. The fraction of sp³-hybridized carbons (Fsp3) is 0.750. The van der Waals surface area contributed by atoms with Gasteiger partial charge in [-0.1, -0.05) is 0 Å². The Balaban J connectivity index is 1.76. The number of nitrogens with zero attached hydrogens (tertiary/aromatic N) is 2. The van der Waals surface area contributed by atoms with Crippen molar-refractivity contribution in [2.75, 3.05) is 20.1 Å². The van der Waals surface area contributed by atoms with Crippen LogP contribution < -0.4 is 5.32 Å².